The van der Waals surface area contributed by atoms with Crippen molar-refractivity contribution in [2.45, 2.75) is 34.1 Å². The molecule has 6 heteroatoms. The fraction of sp³-hybridized carbons (Fsp3) is 0.478. The van der Waals surface area contributed by atoms with Crippen LogP contribution >= 0.6 is 0 Å². The summed E-state index contributed by atoms with van der Waals surface area (Å²) in [5, 5.41) is 4.96. The number of benzene rings is 1. The molecule has 0 saturated carbocycles. The van der Waals surface area contributed by atoms with Gasteiger partial charge in [0.05, 0.1) is 19.9 Å². The number of hydrogen-bond donors (Lipinski definition) is 0. The number of aryl methyl sites for hydroxylation is 1. The van der Waals surface area contributed by atoms with E-state index in [1.807, 2.05) is 28.8 Å². The Bertz CT molecular complexity index is 1030. The van der Waals surface area contributed by atoms with Crippen LogP contribution in [0.5, 0.6) is 11.5 Å². The maximum atomic E-state index is 5.47. The number of aromatic nitrogens is 3. The van der Waals surface area contributed by atoms with Crippen LogP contribution in [0.2, 0.25) is 0 Å². The van der Waals surface area contributed by atoms with Crippen LogP contribution in [0.4, 0.5) is 5.82 Å². The van der Waals surface area contributed by atoms with Crippen LogP contribution < -0.4 is 14.4 Å². The topological polar surface area (TPSA) is 51.9 Å². The summed E-state index contributed by atoms with van der Waals surface area (Å²) in [5.41, 5.74) is 4.98. The average molecular weight is 395 g/mol. The minimum Gasteiger partial charge on any atom is -0.493 e. The first-order valence-electron chi connectivity index (χ1n) is 10.3. The highest BCUT2D eigenvalue weighted by Crippen LogP contribution is 2.34. The first kappa shape index (κ1) is 19.6. The second-order valence-corrected chi connectivity index (χ2v) is 8.37. The Morgan fingerprint density at radius 1 is 0.966 bits per heavy atom. The van der Waals surface area contributed by atoms with Gasteiger partial charge in [-0.3, -0.25) is 0 Å². The van der Waals surface area contributed by atoms with Gasteiger partial charge < -0.3 is 14.4 Å². The van der Waals surface area contributed by atoms with E-state index in [4.69, 9.17) is 19.6 Å². The lowest BCUT2D eigenvalue weighted by atomic mass is 9.91. The standard InChI is InChI=1S/C23H30N4O2/c1-14-9-15(2)13-26(12-14)23-16(3)17(4)24-22-11-19(25-27(22)23)18-7-8-20(28-5)21(10-18)29-6/h7-8,10-11,14-15H,9,12-13H2,1-6H3/t14-,15-/m0/s1. The van der Waals surface area contributed by atoms with Gasteiger partial charge in [0.15, 0.2) is 17.1 Å². The molecule has 2 aromatic heterocycles. The molecule has 1 aliphatic rings. The number of hydrogen-bond acceptors (Lipinski definition) is 5. The lowest BCUT2D eigenvalue weighted by Crippen LogP contribution is -2.40. The molecule has 3 aromatic rings. The quantitative estimate of drug-likeness (QED) is 0.652. The van der Waals surface area contributed by atoms with Crippen LogP contribution in [-0.4, -0.2) is 41.9 Å². The zero-order valence-electron chi connectivity index (χ0n) is 18.2. The van der Waals surface area contributed by atoms with Gasteiger partial charge in [-0.25, -0.2) is 4.98 Å². The summed E-state index contributed by atoms with van der Waals surface area (Å²) in [4.78, 5) is 7.30. The van der Waals surface area contributed by atoms with Crippen molar-refractivity contribution in [3.8, 4) is 22.8 Å². The number of nitrogens with zero attached hydrogens (tertiary/aromatic N) is 4. The van der Waals surface area contributed by atoms with Gasteiger partial charge in [-0.2, -0.15) is 9.61 Å². The Labute approximate surface area is 172 Å². The highest BCUT2D eigenvalue weighted by Gasteiger charge is 2.26. The van der Waals surface area contributed by atoms with Crippen LogP contribution in [0, 0.1) is 25.7 Å². The summed E-state index contributed by atoms with van der Waals surface area (Å²) >= 11 is 0. The molecule has 0 amide bonds. The average Bonchev–Trinajstić information content (AvgIpc) is 3.10. The van der Waals surface area contributed by atoms with Crippen LogP contribution in [0.1, 0.15) is 31.5 Å². The molecule has 2 atom stereocenters. The Kier molecular flexibility index (Phi) is 5.11. The molecule has 154 valence electrons. The van der Waals surface area contributed by atoms with Crippen molar-refractivity contribution in [2.75, 3.05) is 32.2 Å². The normalized spacial score (nSPS) is 19.6. The Morgan fingerprint density at radius 3 is 2.31 bits per heavy atom. The third kappa shape index (κ3) is 3.52. The highest BCUT2D eigenvalue weighted by molar-refractivity contribution is 5.69. The van der Waals surface area contributed by atoms with Crippen LogP contribution in [0.3, 0.4) is 0 Å². The molecule has 0 spiro atoms. The second kappa shape index (κ2) is 7.58. The Morgan fingerprint density at radius 2 is 1.66 bits per heavy atom. The van der Waals surface area contributed by atoms with Crippen molar-refractivity contribution in [1.82, 2.24) is 14.6 Å². The maximum Gasteiger partial charge on any atom is 0.161 e. The van der Waals surface area contributed by atoms with Crippen molar-refractivity contribution in [2.24, 2.45) is 11.8 Å². The lowest BCUT2D eigenvalue weighted by Gasteiger charge is -2.37. The van der Waals surface area contributed by atoms with Crippen LogP contribution in [0.25, 0.3) is 16.9 Å². The van der Waals surface area contributed by atoms with Gasteiger partial charge in [0.1, 0.15) is 5.82 Å². The number of piperidine rings is 1. The number of ether oxygens (including phenoxy) is 2. The predicted octanol–water partition coefficient (Wildman–Crippen LogP) is 4.51. The van der Waals surface area contributed by atoms with E-state index in [0.717, 1.165) is 41.5 Å². The Hall–Kier alpha value is -2.76. The fourth-order valence-electron chi connectivity index (χ4n) is 4.53. The molecule has 29 heavy (non-hydrogen) atoms. The predicted molar refractivity (Wildman–Crippen MR) is 116 cm³/mol. The molecule has 0 unspecified atom stereocenters. The van der Waals surface area contributed by atoms with Gasteiger partial charge in [0, 0.05) is 36.0 Å². The highest BCUT2D eigenvalue weighted by atomic mass is 16.5. The smallest absolute Gasteiger partial charge is 0.161 e. The maximum absolute atomic E-state index is 5.47. The van der Waals surface area contributed by atoms with Gasteiger partial charge in [-0.05, 0) is 50.3 Å². The Balaban J connectivity index is 1.84. The number of rotatable bonds is 4. The van der Waals surface area contributed by atoms with Gasteiger partial charge >= 0.3 is 0 Å². The summed E-state index contributed by atoms with van der Waals surface area (Å²) in [5.74, 6) is 3.91. The van der Waals surface area contributed by atoms with Gasteiger partial charge in [-0.15, -0.1) is 0 Å². The molecule has 1 aliphatic heterocycles. The zero-order chi connectivity index (χ0) is 20.7. The van der Waals surface area contributed by atoms with Crippen LogP contribution in [-0.2, 0) is 0 Å². The van der Waals surface area contributed by atoms with E-state index in [1.165, 1.54) is 12.0 Å². The van der Waals surface area contributed by atoms with E-state index in [9.17, 15) is 0 Å². The summed E-state index contributed by atoms with van der Waals surface area (Å²) in [7, 11) is 3.29. The van der Waals surface area contributed by atoms with Crippen LogP contribution in [0.15, 0.2) is 24.3 Å². The fourth-order valence-corrected chi connectivity index (χ4v) is 4.53. The first-order chi connectivity index (χ1) is 13.9. The zero-order valence-corrected chi connectivity index (χ0v) is 18.2. The summed E-state index contributed by atoms with van der Waals surface area (Å²) in [6.45, 7) is 11.0. The summed E-state index contributed by atoms with van der Waals surface area (Å²) in [6.07, 6.45) is 1.28. The SMILES string of the molecule is COc1ccc(-c2cc3nc(C)c(C)c(N4C[C@@H](C)C[C@H](C)C4)n3n2)cc1OC. The van der Waals surface area contributed by atoms with Crippen molar-refractivity contribution in [3.05, 3.63) is 35.5 Å². The van der Waals surface area contributed by atoms with Gasteiger partial charge in [-0.1, -0.05) is 13.8 Å². The van der Waals surface area contributed by atoms with E-state index in [1.54, 1.807) is 14.2 Å². The molecule has 0 radical (unpaired) electrons. The van der Waals surface area contributed by atoms with E-state index >= 15 is 0 Å². The van der Waals surface area contributed by atoms with Gasteiger partial charge in [0.2, 0.25) is 0 Å². The monoisotopic (exact) mass is 394 g/mol. The van der Waals surface area contributed by atoms with Crippen molar-refractivity contribution >= 4 is 11.5 Å². The first-order valence-corrected chi connectivity index (χ1v) is 10.3. The summed E-state index contributed by atoms with van der Waals surface area (Å²) in [6, 6.07) is 7.93. The molecule has 1 fully saturated rings. The van der Waals surface area contributed by atoms with E-state index in [2.05, 4.69) is 32.6 Å². The molecule has 0 N–H and O–H groups in total. The van der Waals surface area contributed by atoms with E-state index in [0.29, 0.717) is 23.3 Å². The molecule has 1 aromatic carbocycles. The molecule has 0 aliphatic carbocycles. The van der Waals surface area contributed by atoms with Gasteiger partial charge in [0.25, 0.3) is 0 Å². The molecule has 3 heterocycles. The molecule has 0 bridgehead atoms. The molecule has 1 saturated heterocycles. The third-order valence-electron chi connectivity index (χ3n) is 5.90. The lowest BCUT2D eigenvalue weighted by molar-refractivity contribution is 0.354. The minimum absolute atomic E-state index is 0.669. The largest absolute Gasteiger partial charge is 0.493 e. The van der Waals surface area contributed by atoms with E-state index < -0.39 is 0 Å². The third-order valence-corrected chi connectivity index (χ3v) is 5.90. The van der Waals surface area contributed by atoms with E-state index in [-0.39, 0.29) is 0 Å². The summed E-state index contributed by atoms with van der Waals surface area (Å²) < 4.78 is 12.8. The molecule has 6 nitrogen and oxygen atoms in total. The number of methoxy groups -OCH3 is 2. The second-order valence-electron chi connectivity index (χ2n) is 8.37. The number of anilines is 1. The molecule has 4 rings (SSSR count). The molecular weight excluding hydrogens is 364 g/mol. The minimum atomic E-state index is 0.669. The van der Waals surface area contributed by atoms with Crippen molar-refractivity contribution in [1.29, 1.82) is 0 Å². The molecular formula is C23H30N4O2. The van der Waals surface area contributed by atoms with Crippen molar-refractivity contribution in [3.63, 3.8) is 0 Å². The number of fused-ring (bicyclic) bond motifs is 1. The van der Waals surface area contributed by atoms with Crippen molar-refractivity contribution < 1.29 is 9.47 Å².